The van der Waals surface area contributed by atoms with Crippen LogP contribution in [0.3, 0.4) is 0 Å². The number of hydrogen-bond acceptors (Lipinski definition) is 4. The van der Waals surface area contributed by atoms with E-state index in [0.717, 1.165) is 0 Å². The minimum atomic E-state index is -1.59. The molecule has 0 aromatic rings. The summed E-state index contributed by atoms with van der Waals surface area (Å²) < 4.78 is 10.7. The molecule has 0 saturated carbocycles. The molecule has 5 nitrogen and oxygen atoms in total. The third kappa shape index (κ3) is 8.27. The molecule has 17 heavy (non-hydrogen) atoms. The zero-order valence-electron chi connectivity index (χ0n) is 11.4. The molecule has 0 heterocycles. The average Bonchev–Trinajstić information content (AvgIpc) is 2.24. The Labute approximate surface area is 104 Å². The van der Waals surface area contributed by atoms with Crippen LogP contribution < -0.4 is 4.89 Å². The van der Waals surface area contributed by atoms with Crippen molar-refractivity contribution in [1.82, 2.24) is 0 Å². The summed E-state index contributed by atoms with van der Waals surface area (Å²) in [4.78, 5) is 22.8. The van der Waals surface area contributed by atoms with E-state index in [9.17, 15) is 9.69 Å². The SMILES string of the molecule is CCC(=O)OCC/[P+]([O-])=C(/C[N+](C)(C)C)OC. The first kappa shape index (κ1) is 16.5. The standard InChI is InChI=1S/C11H23NO4P/c1-6-10(13)16-7-8-17(14)11(15-5)9-12(2,3)4/h6-9H2,1-5H3/q+1. The van der Waals surface area contributed by atoms with Crippen LogP contribution >= 0.6 is 7.77 Å². The van der Waals surface area contributed by atoms with Crippen LogP contribution in [0.25, 0.3) is 0 Å². The predicted molar refractivity (Wildman–Crippen MR) is 68.0 cm³/mol. The van der Waals surface area contributed by atoms with Crippen LogP contribution in [0.4, 0.5) is 0 Å². The monoisotopic (exact) mass is 264 g/mol. The lowest BCUT2D eigenvalue weighted by Crippen LogP contribution is -2.40. The van der Waals surface area contributed by atoms with Crippen molar-refractivity contribution in [2.24, 2.45) is 0 Å². The van der Waals surface area contributed by atoms with E-state index >= 15 is 0 Å². The van der Waals surface area contributed by atoms with Crippen molar-refractivity contribution < 1.29 is 23.6 Å². The van der Waals surface area contributed by atoms with Gasteiger partial charge in [-0.1, -0.05) is 6.92 Å². The van der Waals surface area contributed by atoms with Gasteiger partial charge in [0.15, 0.2) is 6.54 Å². The Kier molecular flexibility index (Phi) is 7.55. The fraction of sp³-hybridized carbons (Fsp3) is 0.818. The van der Waals surface area contributed by atoms with Gasteiger partial charge >= 0.3 is 5.97 Å². The number of quaternary nitrogens is 1. The van der Waals surface area contributed by atoms with Crippen LogP contribution in [0.15, 0.2) is 0 Å². The molecule has 0 N–H and O–H groups in total. The predicted octanol–water partition coefficient (Wildman–Crippen LogP) is 0.179. The molecule has 0 aromatic heterocycles. The zero-order valence-corrected chi connectivity index (χ0v) is 12.3. The number of hydrogen-bond donors (Lipinski definition) is 0. The molecule has 0 aromatic carbocycles. The molecule has 1 unspecified atom stereocenters. The Hall–Kier alpha value is -0.480. The summed E-state index contributed by atoms with van der Waals surface area (Å²) in [5, 5.41) is 0. The van der Waals surface area contributed by atoms with E-state index in [1.807, 2.05) is 21.1 Å². The smallest absolute Gasteiger partial charge is 0.305 e. The highest BCUT2D eigenvalue weighted by atomic mass is 31.1. The second kappa shape index (κ2) is 7.77. The van der Waals surface area contributed by atoms with Gasteiger partial charge in [-0.25, -0.2) is 0 Å². The van der Waals surface area contributed by atoms with E-state index < -0.39 is 7.77 Å². The second-order valence-electron chi connectivity index (χ2n) is 4.72. The highest BCUT2D eigenvalue weighted by molar-refractivity contribution is 7.51. The lowest BCUT2D eigenvalue weighted by molar-refractivity contribution is -0.861. The average molecular weight is 264 g/mol. The lowest BCUT2D eigenvalue weighted by Gasteiger charge is -2.23. The molecule has 0 fully saturated rings. The summed E-state index contributed by atoms with van der Waals surface area (Å²) in [6.07, 6.45) is 0.667. The first-order valence-corrected chi connectivity index (χ1v) is 7.05. The van der Waals surface area contributed by atoms with Gasteiger partial charge in [-0.3, -0.25) is 4.79 Å². The van der Waals surface area contributed by atoms with Gasteiger partial charge in [-0.05, 0) is 0 Å². The Bertz CT molecular complexity index is 284. The maximum absolute atomic E-state index is 11.9. The largest absolute Gasteiger partial charge is 0.628 e. The molecule has 1 atom stereocenters. The second-order valence-corrected chi connectivity index (χ2v) is 6.43. The van der Waals surface area contributed by atoms with Crippen LogP contribution in [0.2, 0.25) is 0 Å². The molecule has 0 saturated heterocycles. The van der Waals surface area contributed by atoms with Gasteiger partial charge in [0.25, 0.3) is 5.48 Å². The fourth-order valence-corrected chi connectivity index (χ4v) is 2.41. The molecular formula is C11H23NO4P+. The number of ether oxygens (including phenoxy) is 2. The van der Waals surface area contributed by atoms with Crippen LogP contribution in [0.1, 0.15) is 13.3 Å². The summed E-state index contributed by atoms with van der Waals surface area (Å²) >= 11 is 0. The molecule has 0 aliphatic heterocycles. The van der Waals surface area contributed by atoms with E-state index in [1.165, 1.54) is 7.11 Å². The first-order valence-electron chi connectivity index (χ1n) is 5.60. The number of methoxy groups -OCH3 is 1. The van der Waals surface area contributed by atoms with Crippen molar-refractivity contribution in [2.75, 3.05) is 47.6 Å². The number of esters is 1. The van der Waals surface area contributed by atoms with Crippen LogP contribution in [0, 0.1) is 0 Å². The maximum Gasteiger partial charge on any atom is 0.305 e. The molecule has 0 spiro atoms. The number of carbonyl (C=O) groups is 1. The van der Waals surface area contributed by atoms with E-state index in [1.54, 1.807) is 6.92 Å². The van der Waals surface area contributed by atoms with Gasteiger partial charge in [0.05, 0.1) is 28.9 Å². The molecule has 0 rings (SSSR count). The van der Waals surface area contributed by atoms with Gasteiger partial charge in [0.2, 0.25) is 0 Å². The quantitative estimate of drug-likeness (QED) is 0.374. The van der Waals surface area contributed by atoms with Gasteiger partial charge in [-0.2, -0.15) is 0 Å². The van der Waals surface area contributed by atoms with Crippen molar-refractivity contribution in [3.8, 4) is 0 Å². The Balaban J connectivity index is 4.29. The highest BCUT2D eigenvalue weighted by Crippen LogP contribution is 2.15. The van der Waals surface area contributed by atoms with Crippen LogP contribution in [-0.2, 0) is 14.3 Å². The minimum Gasteiger partial charge on any atom is -0.628 e. The van der Waals surface area contributed by atoms with Crippen molar-refractivity contribution >= 4 is 19.2 Å². The lowest BCUT2D eigenvalue weighted by atomic mass is 10.5. The van der Waals surface area contributed by atoms with E-state index in [2.05, 4.69) is 0 Å². The van der Waals surface area contributed by atoms with Crippen molar-refractivity contribution in [1.29, 1.82) is 0 Å². The zero-order chi connectivity index (χ0) is 13.5. The van der Waals surface area contributed by atoms with Crippen LogP contribution in [-0.4, -0.2) is 63.5 Å². The summed E-state index contributed by atoms with van der Waals surface area (Å²) in [6.45, 7) is 2.51. The summed E-state index contributed by atoms with van der Waals surface area (Å²) in [7, 11) is 5.93. The third-order valence-corrected chi connectivity index (χ3v) is 3.44. The van der Waals surface area contributed by atoms with Gasteiger partial charge in [-0.15, -0.1) is 0 Å². The van der Waals surface area contributed by atoms with Crippen molar-refractivity contribution in [3.63, 3.8) is 0 Å². The Morgan fingerprint density at radius 2 is 1.94 bits per heavy atom. The van der Waals surface area contributed by atoms with E-state index in [0.29, 0.717) is 29.1 Å². The number of rotatable bonds is 7. The van der Waals surface area contributed by atoms with E-state index in [-0.39, 0.29) is 12.6 Å². The summed E-state index contributed by atoms with van der Waals surface area (Å²) in [5.74, 6) is -0.265. The Morgan fingerprint density at radius 3 is 2.35 bits per heavy atom. The first-order chi connectivity index (χ1) is 7.80. The minimum absolute atomic E-state index is 0.186. The fourth-order valence-electron chi connectivity index (χ4n) is 1.12. The van der Waals surface area contributed by atoms with Gasteiger partial charge in [0.1, 0.15) is 12.8 Å². The third-order valence-electron chi connectivity index (χ3n) is 1.97. The van der Waals surface area contributed by atoms with Gasteiger partial charge in [0, 0.05) is 13.5 Å². The maximum atomic E-state index is 11.9. The summed E-state index contributed by atoms with van der Waals surface area (Å²) in [6, 6.07) is 0. The molecule has 0 amide bonds. The molecule has 100 valence electrons. The topological polar surface area (TPSA) is 58.6 Å². The molecule has 0 bridgehead atoms. The number of likely N-dealkylation sites (N-methyl/N-ethyl adjacent to an activating group) is 1. The number of carbonyl (C=O) groups excluding carboxylic acids is 1. The van der Waals surface area contributed by atoms with Crippen LogP contribution in [0.5, 0.6) is 0 Å². The van der Waals surface area contributed by atoms with E-state index in [4.69, 9.17) is 9.47 Å². The summed E-state index contributed by atoms with van der Waals surface area (Å²) in [5.41, 5.74) is 0.569. The molecule has 0 aliphatic carbocycles. The van der Waals surface area contributed by atoms with Crippen molar-refractivity contribution in [3.05, 3.63) is 0 Å². The highest BCUT2D eigenvalue weighted by Gasteiger charge is 2.19. The number of nitrogens with zero attached hydrogens (tertiary/aromatic N) is 1. The van der Waals surface area contributed by atoms with Gasteiger partial charge < -0.3 is 18.9 Å². The normalized spacial score (nSPS) is 13.3. The molecule has 0 aliphatic rings. The Morgan fingerprint density at radius 1 is 1.35 bits per heavy atom. The van der Waals surface area contributed by atoms with Crippen molar-refractivity contribution in [2.45, 2.75) is 13.3 Å². The molecule has 6 heteroatoms. The molecule has 0 radical (unpaired) electrons. The molecular weight excluding hydrogens is 241 g/mol.